The molecule has 0 unspecified atom stereocenters. The Morgan fingerprint density at radius 1 is 1.24 bits per heavy atom. The van der Waals surface area contributed by atoms with Crippen molar-refractivity contribution < 1.29 is 19.1 Å². The van der Waals surface area contributed by atoms with E-state index in [1.54, 1.807) is 42.5 Å². The molecule has 2 aliphatic heterocycles. The Hall–Kier alpha value is -2.73. The fraction of sp³-hybridized carbons (Fsp3) is 0.222. The lowest BCUT2D eigenvalue weighted by molar-refractivity contribution is -0.122. The van der Waals surface area contributed by atoms with Crippen LogP contribution >= 0.6 is 11.6 Å². The van der Waals surface area contributed by atoms with Gasteiger partial charge in [-0.25, -0.2) is 4.79 Å². The molecular formula is C18H15ClN2O4. The summed E-state index contributed by atoms with van der Waals surface area (Å²) in [6.07, 6.45) is -0.594. The first kappa shape index (κ1) is 15.8. The first-order chi connectivity index (χ1) is 12.1. The Kier molecular flexibility index (Phi) is 3.97. The van der Waals surface area contributed by atoms with Gasteiger partial charge in [0.25, 0.3) is 5.91 Å². The van der Waals surface area contributed by atoms with Gasteiger partial charge < -0.3 is 14.8 Å². The highest BCUT2D eigenvalue weighted by Gasteiger charge is 2.31. The Morgan fingerprint density at radius 2 is 2.08 bits per heavy atom. The minimum atomic E-state index is -0.632. The number of amides is 2. The lowest BCUT2D eigenvalue weighted by atomic mass is 10.1. The Labute approximate surface area is 149 Å². The van der Waals surface area contributed by atoms with Gasteiger partial charge in [-0.1, -0.05) is 23.7 Å². The molecule has 0 saturated carbocycles. The first-order valence-corrected chi connectivity index (χ1v) is 8.29. The third-order valence-electron chi connectivity index (χ3n) is 4.20. The van der Waals surface area contributed by atoms with E-state index in [0.717, 1.165) is 5.56 Å². The summed E-state index contributed by atoms with van der Waals surface area (Å²) >= 11 is 5.98. The lowest BCUT2D eigenvalue weighted by Gasteiger charge is -2.19. The van der Waals surface area contributed by atoms with Crippen LogP contribution in [0.1, 0.15) is 5.56 Å². The van der Waals surface area contributed by atoms with Crippen molar-refractivity contribution in [2.75, 3.05) is 23.4 Å². The number of rotatable bonds is 3. The number of para-hydroxylation sites is 2. The van der Waals surface area contributed by atoms with Crippen LogP contribution in [-0.4, -0.2) is 31.3 Å². The number of halogens is 1. The maximum Gasteiger partial charge on any atom is 0.414 e. The molecule has 2 amide bonds. The Bertz CT molecular complexity index is 855. The molecule has 2 aliphatic rings. The second kappa shape index (κ2) is 6.29. The van der Waals surface area contributed by atoms with Crippen LogP contribution in [0, 0.1) is 0 Å². The largest absolute Gasteiger partial charge is 0.480 e. The fourth-order valence-corrected chi connectivity index (χ4v) is 3.20. The molecule has 0 aromatic heterocycles. The van der Waals surface area contributed by atoms with E-state index in [4.69, 9.17) is 21.1 Å². The second-order valence-corrected chi connectivity index (χ2v) is 6.27. The molecule has 0 aliphatic carbocycles. The molecule has 1 fully saturated rings. The van der Waals surface area contributed by atoms with Gasteiger partial charge in [-0.2, -0.15) is 0 Å². The summed E-state index contributed by atoms with van der Waals surface area (Å²) in [5, 5.41) is 3.47. The molecule has 1 saturated heterocycles. The molecule has 2 aromatic rings. The van der Waals surface area contributed by atoms with Crippen molar-refractivity contribution in [3.05, 3.63) is 53.1 Å². The van der Waals surface area contributed by atoms with Crippen molar-refractivity contribution in [2.45, 2.75) is 12.5 Å². The van der Waals surface area contributed by atoms with Crippen LogP contribution in [0.15, 0.2) is 42.5 Å². The number of fused-ring (bicyclic) bond motifs is 1. The lowest BCUT2D eigenvalue weighted by Crippen LogP contribution is -2.32. The minimum Gasteiger partial charge on any atom is -0.480 e. The van der Waals surface area contributed by atoms with Gasteiger partial charge in [0.2, 0.25) is 0 Å². The van der Waals surface area contributed by atoms with Crippen molar-refractivity contribution in [2.24, 2.45) is 0 Å². The van der Waals surface area contributed by atoms with Gasteiger partial charge in [0.05, 0.1) is 17.9 Å². The smallest absolute Gasteiger partial charge is 0.414 e. The summed E-state index contributed by atoms with van der Waals surface area (Å²) in [4.78, 5) is 25.9. The number of nitrogens with zero attached hydrogens (tertiary/aromatic N) is 1. The SMILES string of the molecule is O=C(Nc1ccccc1N1CCOC1=O)[C@@H]1Cc2cc(Cl)ccc2O1. The van der Waals surface area contributed by atoms with Crippen molar-refractivity contribution in [1.82, 2.24) is 0 Å². The van der Waals surface area contributed by atoms with Gasteiger partial charge in [-0.3, -0.25) is 9.69 Å². The first-order valence-electron chi connectivity index (χ1n) is 7.91. The molecular weight excluding hydrogens is 344 g/mol. The van der Waals surface area contributed by atoms with Gasteiger partial charge in [0.1, 0.15) is 12.4 Å². The van der Waals surface area contributed by atoms with Crippen molar-refractivity contribution in [3.8, 4) is 5.75 Å². The Morgan fingerprint density at radius 3 is 2.88 bits per heavy atom. The highest BCUT2D eigenvalue weighted by molar-refractivity contribution is 6.30. The van der Waals surface area contributed by atoms with E-state index < -0.39 is 12.2 Å². The predicted molar refractivity (Wildman–Crippen MR) is 93.3 cm³/mol. The number of carbonyl (C=O) groups is 2. The summed E-state index contributed by atoms with van der Waals surface area (Å²) in [5.74, 6) is 0.397. The van der Waals surface area contributed by atoms with E-state index >= 15 is 0 Å². The normalized spacial score (nSPS) is 18.5. The number of hydrogen-bond donors (Lipinski definition) is 1. The van der Waals surface area contributed by atoms with Crippen LogP contribution in [0.25, 0.3) is 0 Å². The summed E-state index contributed by atoms with van der Waals surface area (Å²) < 4.78 is 10.7. The van der Waals surface area contributed by atoms with Gasteiger partial charge in [-0.05, 0) is 35.9 Å². The van der Waals surface area contributed by atoms with Gasteiger partial charge in [0, 0.05) is 11.4 Å². The van der Waals surface area contributed by atoms with Crippen LogP contribution in [-0.2, 0) is 16.0 Å². The fourth-order valence-electron chi connectivity index (χ4n) is 3.00. The van der Waals surface area contributed by atoms with E-state index in [-0.39, 0.29) is 5.91 Å². The minimum absolute atomic E-state index is 0.271. The summed E-state index contributed by atoms with van der Waals surface area (Å²) in [5.41, 5.74) is 2.06. The van der Waals surface area contributed by atoms with E-state index in [1.165, 1.54) is 4.90 Å². The van der Waals surface area contributed by atoms with Gasteiger partial charge in [0.15, 0.2) is 6.10 Å². The van der Waals surface area contributed by atoms with Crippen molar-refractivity contribution >= 4 is 35.0 Å². The number of benzene rings is 2. The number of nitrogens with one attached hydrogen (secondary N) is 1. The van der Waals surface area contributed by atoms with E-state index in [9.17, 15) is 9.59 Å². The molecule has 1 atom stereocenters. The number of hydrogen-bond acceptors (Lipinski definition) is 4. The highest BCUT2D eigenvalue weighted by atomic mass is 35.5. The zero-order valence-electron chi connectivity index (χ0n) is 13.2. The number of cyclic esters (lactones) is 1. The molecule has 4 rings (SSSR count). The topological polar surface area (TPSA) is 67.9 Å². The monoisotopic (exact) mass is 358 g/mol. The van der Waals surface area contributed by atoms with Crippen LogP contribution in [0.3, 0.4) is 0 Å². The molecule has 25 heavy (non-hydrogen) atoms. The van der Waals surface area contributed by atoms with E-state index in [2.05, 4.69) is 5.32 Å². The van der Waals surface area contributed by atoms with E-state index in [0.29, 0.717) is 41.7 Å². The van der Waals surface area contributed by atoms with E-state index in [1.807, 2.05) is 0 Å². The van der Waals surface area contributed by atoms with Crippen molar-refractivity contribution in [1.29, 1.82) is 0 Å². The average Bonchev–Trinajstić information content (AvgIpc) is 3.21. The van der Waals surface area contributed by atoms with Crippen LogP contribution in [0.2, 0.25) is 5.02 Å². The quantitative estimate of drug-likeness (QED) is 0.914. The predicted octanol–water partition coefficient (Wildman–Crippen LogP) is 3.24. The third kappa shape index (κ3) is 3.00. The van der Waals surface area contributed by atoms with Crippen LogP contribution < -0.4 is 15.0 Å². The maximum atomic E-state index is 12.6. The van der Waals surface area contributed by atoms with Gasteiger partial charge in [-0.15, -0.1) is 0 Å². The molecule has 0 radical (unpaired) electrons. The molecule has 6 nitrogen and oxygen atoms in total. The van der Waals surface area contributed by atoms with Crippen LogP contribution in [0.5, 0.6) is 5.75 Å². The molecule has 128 valence electrons. The number of carbonyl (C=O) groups excluding carboxylic acids is 2. The summed E-state index contributed by atoms with van der Waals surface area (Å²) in [6.45, 7) is 0.790. The molecule has 1 N–H and O–H groups in total. The number of anilines is 2. The number of ether oxygens (including phenoxy) is 2. The summed E-state index contributed by atoms with van der Waals surface area (Å²) in [7, 11) is 0. The molecule has 7 heteroatoms. The molecule has 0 bridgehead atoms. The van der Waals surface area contributed by atoms with Crippen LogP contribution in [0.4, 0.5) is 16.2 Å². The average molecular weight is 359 g/mol. The zero-order chi connectivity index (χ0) is 17.4. The summed E-state index contributed by atoms with van der Waals surface area (Å²) in [6, 6.07) is 12.4. The van der Waals surface area contributed by atoms with Gasteiger partial charge >= 0.3 is 6.09 Å². The highest BCUT2D eigenvalue weighted by Crippen LogP contribution is 2.33. The zero-order valence-corrected chi connectivity index (χ0v) is 14.0. The second-order valence-electron chi connectivity index (χ2n) is 5.84. The maximum absolute atomic E-state index is 12.6. The third-order valence-corrected chi connectivity index (χ3v) is 4.44. The standard InChI is InChI=1S/C18H15ClN2O4/c19-12-5-6-15-11(9-12)10-16(25-15)17(22)20-13-3-1-2-4-14(13)21-7-8-24-18(21)23/h1-6,9,16H,7-8,10H2,(H,20,22)/t16-/m0/s1. The molecule has 0 spiro atoms. The Balaban J connectivity index is 1.52. The molecule has 2 heterocycles. The van der Waals surface area contributed by atoms with Crippen molar-refractivity contribution in [3.63, 3.8) is 0 Å². The molecule has 2 aromatic carbocycles.